The summed E-state index contributed by atoms with van der Waals surface area (Å²) in [5.74, 6) is 0.516. The molecule has 0 saturated heterocycles. The molecule has 0 saturated carbocycles. The van der Waals surface area contributed by atoms with Crippen molar-refractivity contribution in [1.82, 2.24) is 4.98 Å². The Morgan fingerprint density at radius 3 is 2.65 bits per heavy atom. The fourth-order valence-electron chi connectivity index (χ4n) is 2.02. The molecule has 0 aliphatic heterocycles. The molecule has 2 aromatic rings. The van der Waals surface area contributed by atoms with E-state index in [2.05, 4.69) is 4.98 Å². The fourth-order valence-corrected chi connectivity index (χ4v) is 2.02. The minimum absolute atomic E-state index is 0.0587. The van der Waals surface area contributed by atoms with Gasteiger partial charge in [0.1, 0.15) is 6.61 Å². The van der Waals surface area contributed by atoms with Gasteiger partial charge in [0.2, 0.25) is 5.88 Å². The molecule has 1 aromatic heterocycles. The van der Waals surface area contributed by atoms with Crippen LogP contribution in [0.4, 0.5) is 0 Å². The summed E-state index contributed by atoms with van der Waals surface area (Å²) >= 11 is 0. The van der Waals surface area contributed by atoms with Gasteiger partial charge >= 0.3 is 0 Å². The number of aromatic nitrogens is 1. The molecule has 3 heteroatoms. The van der Waals surface area contributed by atoms with E-state index in [0.717, 1.165) is 22.4 Å². The van der Waals surface area contributed by atoms with Crippen LogP contribution in [0.2, 0.25) is 0 Å². The quantitative estimate of drug-likeness (QED) is 0.905. The van der Waals surface area contributed by atoms with Crippen LogP contribution in [0.1, 0.15) is 22.4 Å². The molecule has 0 amide bonds. The molecule has 1 N–H and O–H groups in total. The van der Waals surface area contributed by atoms with Gasteiger partial charge in [-0.15, -0.1) is 0 Å². The Labute approximate surface area is 119 Å². The zero-order valence-electron chi connectivity index (χ0n) is 11.8. The predicted octanol–water partition coefficient (Wildman–Crippen LogP) is 3.28. The summed E-state index contributed by atoms with van der Waals surface area (Å²) in [6, 6.07) is 12.0. The van der Waals surface area contributed by atoms with E-state index < -0.39 is 0 Å². The van der Waals surface area contributed by atoms with Crippen LogP contribution in [-0.4, -0.2) is 16.7 Å². The van der Waals surface area contributed by atoms with Crippen molar-refractivity contribution in [2.75, 3.05) is 6.61 Å². The van der Waals surface area contributed by atoms with E-state index >= 15 is 0 Å². The first kappa shape index (κ1) is 14.3. The SMILES string of the molecule is Cc1cc(C)c(CO)c(OCC=Cc2ccccc2)n1. The van der Waals surface area contributed by atoms with Crippen molar-refractivity contribution in [2.24, 2.45) is 0 Å². The lowest BCUT2D eigenvalue weighted by Gasteiger charge is -2.11. The molecule has 0 spiro atoms. The molecular weight excluding hydrogens is 250 g/mol. The average molecular weight is 269 g/mol. The van der Waals surface area contributed by atoms with Crippen molar-refractivity contribution in [3.8, 4) is 5.88 Å². The van der Waals surface area contributed by atoms with Crippen LogP contribution in [0.15, 0.2) is 42.5 Å². The normalized spacial score (nSPS) is 10.9. The van der Waals surface area contributed by atoms with Crippen molar-refractivity contribution in [3.63, 3.8) is 0 Å². The van der Waals surface area contributed by atoms with Gasteiger partial charge in [0.05, 0.1) is 6.61 Å². The van der Waals surface area contributed by atoms with E-state index in [-0.39, 0.29) is 6.61 Å². The Morgan fingerprint density at radius 2 is 1.95 bits per heavy atom. The lowest BCUT2D eigenvalue weighted by atomic mass is 10.1. The Morgan fingerprint density at radius 1 is 1.20 bits per heavy atom. The highest BCUT2D eigenvalue weighted by Crippen LogP contribution is 2.20. The lowest BCUT2D eigenvalue weighted by molar-refractivity contribution is 0.265. The van der Waals surface area contributed by atoms with E-state index in [4.69, 9.17) is 4.74 Å². The van der Waals surface area contributed by atoms with Gasteiger partial charge in [-0.2, -0.15) is 0 Å². The maximum atomic E-state index is 9.39. The predicted molar refractivity (Wildman–Crippen MR) is 80.6 cm³/mol. The molecule has 20 heavy (non-hydrogen) atoms. The second-order valence-electron chi connectivity index (χ2n) is 4.65. The molecule has 0 bridgehead atoms. The van der Waals surface area contributed by atoms with Crippen LogP contribution in [-0.2, 0) is 6.61 Å². The van der Waals surface area contributed by atoms with Crippen molar-refractivity contribution in [3.05, 3.63) is 64.9 Å². The van der Waals surface area contributed by atoms with Crippen molar-refractivity contribution < 1.29 is 9.84 Å². The third-order valence-corrected chi connectivity index (χ3v) is 3.02. The number of ether oxygens (including phenoxy) is 1. The third kappa shape index (κ3) is 3.68. The summed E-state index contributed by atoms with van der Waals surface area (Å²) in [6.07, 6.45) is 3.94. The number of aryl methyl sites for hydroxylation is 2. The van der Waals surface area contributed by atoms with Crippen LogP contribution in [0.25, 0.3) is 6.08 Å². The second-order valence-corrected chi connectivity index (χ2v) is 4.65. The summed E-state index contributed by atoms with van der Waals surface area (Å²) in [7, 11) is 0. The molecule has 3 nitrogen and oxygen atoms in total. The zero-order valence-corrected chi connectivity index (χ0v) is 11.8. The van der Waals surface area contributed by atoms with E-state index in [1.807, 2.05) is 62.4 Å². The molecule has 0 aliphatic carbocycles. The summed E-state index contributed by atoms with van der Waals surface area (Å²) in [5.41, 5.74) is 3.78. The first-order chi connectivity index (χ1) is 9.70. The summed E-state index contributed by atoms with van der Waals surface area (Å²) in [6.45, 7) is 4.24. The smallest absolute Gasteiger partial charge is 0.219 e. The molecule has 1 aromatic carbocycles. The molecule has 0 aliphatic rings. The van der Waals surface area contributed by atoms with Gasteiger partial charge in [-0.25, -0.2) is 4.98 Å². The first-order valence-electron chi connectivity index (χ1n) is 6.63. The summed E-state index contributed by atoms with van der Waals surface area (Å²) in [5, 5.41) is 9.39. The van der Waals surface area contributed by atoms with Crippen LogP contribution >= 0.6 is 0 Å². The standard InChI is InChI=1S/C17H19NO2/c1-13-11-14(2)18-17(16(13)12-19)20-10-6-9-15-7-4-3-5-8-15/h3-9,11,19H,10,12H2,1-2H3. The van der Waals surface area contributed by atoms with Crippen LogP contribution in [0, 0.1) is 13.8 Å². The fraction of sp³-hybridized carbons (Fsp3) is 0.235. The second kappa shape index (κ2) is 6.87. The van der Waals surface area contributed by atoms with Gasteiger partial charge in [0.25, 0.3) is 0 Å². The number of aliphatic hydroxyl groups excluding tert-OH is 1. The molecule has 104 valence electrons. The van der Waals surface area contributed by atoms with Gasteiger partial charge in [-0.3, -0.25) is 0 Å². The minimum Gasteiger partial charge on any atom is -0.473 e. The van der Waals surface area contributed by atoms with Crippen molar-refractivity contribution in [1.29, 1.82) is 0 Å². The van der Waals surface area contributed by atoms with Gasteiger partial charge in [-0.1, -0.05) is 36.4 Å². The summed E-state index contributed by atoms with van der Waals surface area (Å²) in [4.78, 5) is 4.33. The van der Waals surface area contributed by atoms with Gasteiger partial charge in [0, 0.05) is 11.3 Å². The first-order valence-corrected chi connectivity index (χ1v) is 6.63. The number of nitrogens with zero attached hydrogens (tertiary/aromatic N) is 1. The number of hydrogen-bond donors (Lipinski definition) is 1. The zero-order chi connectivity index (χ0) is 14.4. The van der Waals surface area contributed by atoms with Crippen molar-refractivity contribution in [2.45, 2.75) is 20.5 Å². The maximum absolute atomic E-state index is 9.39. The number of benzene rings is 1. The van der Waals surface area contributed by atoms with Crippen LogP contribution in [0.5, 0.6) is 5.88 Å². The Hall–Kier alpha value is -2.13. The number of pyridine rings is 1. The van der Waals surface area contributed by atoms with Crippen LogP contribution in [0.3, 0.4) is 0 Å². The largest absolute Gasteiger partial charge is 0.473 e. The molecule has 2 rings (SSSR count). The third-order valence-electron chi connectivity index (χ3n) is 3.02. The van der Waals surface area contributed by atoms with Gasteiger partial charge in [0.15, 0.2) is 0 Å². The topological polar surface area (TPSA) is 42.4 Å². The van der Waals surface area contributed by atoms with E-state index in [9.17, 15) is 5.11 Å². The minimum atomic E-state index is -0.0587. The maximum Gasteiger partial charge on any atom is 0.219 e. The monoisotopic (exact) mass is 269 g/mol. The average Bonchev–Trinajstić information content (AvgIpc) is 2.44. The van der Waals surface area contributed by atoms with Crippen molar-refractivity contribution >= 4 is 6.08 Å². The Balaban J connectivity index is 2.02. The van der Waals surface area contributed by atoms with Gasteiger partial charge < -0.3 is 9.84 Å². The molecule has 0 unspecified atom stereocenters. The highest BCUT2D eigenvalue weighted by atomic mass is 16.5. The van der Waals surface area contributed by atoms with Crippen LogP contribution < -0.4 is 4.74 Å². The summed E-state index contributed by atoms with van der Waals surface area (Å²) < 4.78 is 5.65. The highest BCUT2D eigenvalue weighted by Gasteiger charge is 2.08. The number of hydrogen-bond acceptors (Lipinski definition) is 3. The number of aliphatic hydroxyl groups is 1. The Kier molecular flexibility index (Phi) is 4.91. The molecule has 0 radical (unpaired) electrons. The highest BCUT2D eigenvalue weighted by molar-refractivity contribution is 5.48. The molecule has 1 heterocycles. The van der Waals surface area contributed by atoms with Gasteiger partial charge in [-0.05, 0) is 37.1 Å². The Bertz CT molecular complexity index is 591. The molecule has 0 fully saturated rings. The number of rotatable bonds is 5. The lowest BCUT2D eigenvalue weighted by Crippen LogP contribution is -2.03. The molecular formula is C17H19NO2. The van der Waals surface area contributed by atoms with E-state index in [1.54, 1.807) is 0 Å². The molecule has 0 atom stereocenters. The van der Waals surface area contributed by atoms with E-state index in [1.165, 1.54) is 0 Å². The van der Waals surface area contributed by atoms with E-state index in [0.29, 0.717) is 12.5 Å².